The third-order valence-electron chi connectivity index (χ3n) is 7.78. The molecule has 0 saturated heterocycles. The van der Waals surface area contributed by atoms with Gasteiger partial charge in [-0.3, -0.25) is 19.2 Å². The largest absolute Gasteiger partial charge is 0.508 e. The van der Waals surface area contributed by atoms with E-state index in [0.717, 1.165) is 6.07 Å². The van der Waals surface area contributed by atoms with Gasteiger partial charge in [-0.1, -0.05) is 0 Å². The van der Waals surface area contributed by atoms with Crippen LogP contribution in [0.15, 0.2) is 23.0 Å². The Morgan fingerprint density at radius 1 is 1.23 bits per heavy atom. The van der Waals surface area contributed by atoms with Crippen molar-refractivity contribution in [3.63, 3.8) is 0 Å². The second-order valence-corrected chi connectivity index (χ2v) is 10.8. The van der Waals surface area contributed by atoms with Gasteiger partial charge in [0.15, 0.2) is 23.7 Å². The molecule has 210 valence electrons. The number of aromatic hydroxyl groups is 1. The zero-order valence-electron chi connectivity index (χ0n) is 21.3. The molecule has 3 aliphatic rings. The van der Waals surface area contributed by atoms with Crippen LogP contribution >= 0.6 is 0 Å². The number of aliphatic hydroxyl groups excluding tert-OH is 2. The number of hydrogen-bond acceptors (Lipinski definition) is 10. The smallest absolute Gasteiger partial charge is 0.279 e. The van der Waals surface area contributed by atoms with Gasteiger partial charge in [-0.05, 0) is 18.8 Å². The third-order valence-corrected chi connectivity index (χ3v) is 7.78. The summed E-state index contributed by atoms with van der Waals surface area (Å²) in [5.41, 5.74) is 11.3. The lowest BCUT2D eigenvalue weighted by Crippen LogP contribution is -2.65. The van der Waals surface area contributed by atoms with E-state index in [1.54, 1.807) is 14.1 Å². The molecule has 0 aliphatic heterocycles. The molecule has 2 amide bonds. The number of nitrogens with two attached hydrogens (primary N) is 3. The molecule has 0 heterocycles. The summed E-state index contributed by atoms with van der Waals surface area (Å²) in [6, 6.07) is -0.710. The summed E-state index contributed by atoms with van der Waals surface area (Å²) in [6.07, 6.45) is -0.494. The lowest BCUT2D eigenvalue weighted by atomic mass is 9.58. The Balaban J connectivity index is 1.81. The minimum Gasteiger partial charge on any atom is -0.508 e. The molecular formula is C25H31FN5O8+. The van der Waals surface area contributed by atoms with E-state index in [0.29, 0.717) is 13.1 Å². The van der Waals surface area contributed by atoms with Gasteiger partial charge in [0.05, 0.1) is 37.9 Å². The van der Waals surface area contributed by atoms with E-state index in [1.807, 2.05) is 0 Å². The molecule has 0 spiro atoms. The number of nitrogens with one attached hydrogen (secondary N) is 1. The van der Waals surface area contributed by atoms with Crippen molar-refractivity contribution < 1.29 is 48.5 Å². The fraction of sp³-hybridized carbons (Fsp3) is 0.440. The Labute approximate surface area is 221 Å². The number of rotatable bonds is 6. The number of amides is 2. The van der Waals surface area contributed by atoms with Crippen molar-refractivity contribution in [1.82, 2.24) is 0 Å². The van der Waals surface area contributed by atoms with Crippen LogP contribution in [0.2, 0.25) is 0 Å². The van der Waals surface area contributed by atoms with Gasteiger partial charge in [0.25, 0.3) is 11.8 Å². The van der Waals surface area contributed by atoms with Gasteiger partial charge in [0, 0.05) is 29.7 Å². The minimum absolute atomic E-state index is 0.0653. The topological polar surface area (TPSA) is 239 Å². The van der Waals surface area contributed by atoms with E-state index in [4.69, 9.17) is 17.2 Å². The van der Waals surface area contributed by atoms with Crippen LogP contribution in [-0.4, -0.2) is 93.7 Å². The average molecular weight is 549 g/mol. The van der Waals surface area contributed by atoms with Crippen molar-refractivity contribution in [2.45, 2.75) is 24.5 Å². The average Bonchev–Trinajstić information content (AvgIpc) is 2.82. The van der Waals surface area contributed by atoms with E-state index >= 15 is 4.39 Å². The van der Waals surface area contributed by atoms with Crippen LogP contribution in [0, 0.1) is 17.7 Å². The van der Waals surface area contributed by atoms with Gasteiger partial charge in [-0.2, -0.15) is 0 Å². The first-order chi connectivity index (χ1) is 18.1. The van der Waals surface area contributed by atoms with Crippen LogP contribution in [0.4, 0.5) is 10.1 Å². The number of likely N-dealkylation sites (N-methyl/N-ethyl adjacent to an activating group) is 1. The number of hydrogen-bond donors (Lipinski definition) is 8. The Kier molecular flexibility index (Phi) is 6.80. The van der Waals surface area contributed by atoms with Crippen molar-refractivity contribution in [3.05, 3.63) is 39.9 Å². The number of primary amides is 1. The molecular weight excluding hydrogens is 517 g/mol. The van der Waals surface area contributed by atoms with Crippen LogP contribution in [0.5, 0.6) is 5.75 Å². The molecule has 1 saturated carbocycles. The van der Waals surface area contributed by atoms with E-state index < -0.39 is 86.7 Å². The van der Waals surface area contributed by atoms with Crippen LogP contribution in [0.1, 0.15) is 17.5 Å². The predicted molar refractivity (Wildman–Crippen MR) is 134 cm³/mol. The highest BCUT2D eigenvalue weighted by atomic mass is 19.1. The maximum atomic E-state index is 15.3. The molecule has 4 atom stereocenters. The number of ketones is 2. The molecule has 1 aromatic carbocycles. The maximum Gasteiger partial charge on any atom is 0.279 e. The second kappa shape index (κ2) is 9.41. The number of halogens is 1. The van der Waals surface area contributed by atoms with Gasteiger partial charge >= 0.3 is 0 Å². The summed E-state index contributed by atoms with van der Waals surface area (Å²) < 4.78 is 15.5. The molecule has 13 nitrogen and oxygen atoms in total. The first-order valence-corrected chi connectivity index (χ1v) is 12.2. The summed E-state index contributed by atoms with van der Waals surface area (Å²) >= 11 is 0. The fourth-order valence-corrected chi connectivity index (χ4v) is 5.84. The number of phenolic OH excluding ortho intramolecular Hbond substituents is 1. The number of benzene rings is 1. The number of Topliss-reactive ketones (excluding diaryl/α,β-unsaturated/α-hetero) is 2. The van der Waals surface area contributed by atoms with Crippen molar-refractivity contribution in [2.24, 2.45) is 29.0 Å². The molecule has 0 aromatic heterocycles. The van der Waals surface area contributed by atoms with Crippen molar-refractivity contribution >= 4 is 34.8 Å². The van der Waals surface area contributed by atoms with E-state index in [9.17, 15) is 39.6 Å². The standard InChI is InChI=1S/C25H30FN5O8/c1-31(2,4-3-27)8-14(32)30-13-7-12(26)10-5-9-6-11-18(28)21(35)17(24(29)38)23(37)25(11,39)22(36)15(9)20(34)16(10)19(13)33/h7,9,11,18,39H,3-6,8,27-28H2,1-2H3,(H5-,29,30,32,33,34,35,36,37,38)/p+1/t9-,11-,18-,25-/m0/s1. The van der Waals surface area contributed by atoms with Crippen LogP contribution in [0.25, 0.3) is 5.76 Å². The zero-order valence-corrected chi connectivity index (χ0v) is 21.3. The Bertz CT molecular complexity index is 1390. The molecule has 3 aliphatic carbocycles. The van der Waals surface area contributed by atoms with E-state index in [-0.39, 0.29) is 35.1 Å². The molecule has 1 fully saturated rings. The Morgan fingerprint density at radius 3 is 2.46 bits per heavy atom. The molecule has 0 radical (unpaired) electrons. The lowest BCUT2D eigenvalue weighted by Gasteiger charge is -2.48. The minimum atomic E-state index is -2.87. The van der Waals surface area contributed by atoms with Gasteiger partial charge in [-0.25, -0.2) is 4.39 Å². The molecule has 4 rings (SSSR count). The van der Waals surface area contributed by atoms with Crippen LogP contribution in [-0.2, 0) is 25.6 Å². The number of carbonyl (C=O) groups is 4. The van der Waals surface area contributed by atoms with Gasteiger partial charge in [-0.15, -0.1) is 0 Å². The van der Waals surface area contributed by atoms with Gasteiger partial charge in [0.1, 0.15) is 22.9 Å². The number of anilines is 1. The Hall–Kier alpha value is -3.85. The normalized spacial score (nSPS) is 26.7. The van der Waals surface area contributed by atoms with Gasteiger partial charge in [0.2, 0.25) is 5.78 Å². The predicted octanol–water partition coefficient (Wildman–Crippen LogP) is -1.53. The first kappa shape index (κ1) is 28.2. The van der Waals surface area contributed by atoms with Crippen LogP contribution in [0.3, 0.4) is 0 Å². The lowest BCUT2D eigenvalue weighted by molar-refractivity contribution is -0.880. The molecule has 1 aromatic rings. The SMILES string of the molecule is C[N+](C)(CCN)CC(=O)Nc1cc(F)c2c(c1O)C(O)=C1C(=O)[C@]3(O)C(O)=C(C(N)=O)C(=O)[C@@H](N)[C@@H]3C[C@@H]1C2. The summed E-state index contributed by atoms with van der Waals surface area (Å²) in [4.78, 5) is 50.6. The highest BCUT2D eigenvalue weighted by molar-refractivity contribution is 6.24. The summed E-state index contributed by atoms with van der Waals surface area (Å²) in [6.45, 7) is 0.712. The molecule has 0 unspecified atom stereocenters. The molecule has 14 heteroatoms. The van der Waals surface area contributed by atoms with Crippen molar-refractivity contribution in [1.29, 1.82) is 0 Å². The first-order valence-electron chi connectivity index (χ1n) is 12.2. The number of fused-ring (bicyclic) bond motifs is 3. The summed E-state index contributed by atoms with van der Waals surface area (Å²) in [5, 5.41) is 46.5. The molecule has 39 heavy (non-hydrogen) atoms. The van der Waals surface area contributed by atoms with Crippen LogP contribution < -0.4 is 22.5 Å². The number of carbonyl (C=O) groups excluding carboxylic acids is 4. The summed E-state index contributed by atoms with van der Waals surface area (Å²) in [5.74, 6) is -10.5. The molecule has 0 bridgehead atoms. The highest BCUT2D eigenvalue weighted by Gasteiger charge is 2.63. The van der Waals surface area contributed by atoms with E-state index in [1.165, 1.54) is 0 Å². The van der Waals surface area contributed by atoms with Crippen molar-refractivity contribution in [2.75, 3.05) is 39.0 Å². The second-order valence-electron chi connectivity index (χ2n) is 10.8. The maximum absolute atomic E-state index is 15.3. The Morgan fingerprint density at radius 2 is 1.87 bits per heavy atom. The third kappa shape index (κ3) is 4.25. The number of nitrogens with zero attached hydrogens (tertiary/aromatic N) is 1. The zero-order chi connectivity index (χ0) is 29.2. The number of phenols is 1. The highest BCUT2D eigenvalue weighted by Crippen LogP contribution is 2.52. The number of quaternary nitrogens is 1. The van der Waals surface area contributed by atoms with E-state index in [2.05, 4.69) is 5.32 Å². The monoisotopic (exact) mass is 548 g/mol. The number of aliphatic hydroxyl groups is 3. The van der Waals surface area contributed by atoms with Crippen molar-refractivity contribution in [3.8, 4) is 5.75 Å². The summed E-state index contributed by atoms with van der Waals surface area (Å²) in [7, 11) is 3.50. The molecule has 11 N–H and O–H groups in total. The fourth-order valence-electron chi connectivity index (χ4n) is 5.84. The van der Waals surface area contributed by atoms with Gasteiger partial charge < -0.3 is 47.4 Å². The quantitative estimate of drug-likeness (QED) is 0.116.